The van der Waals surface area contributed by atoms with E-state index in [-0.39, 0.29) is 17.4 Å². The molecule has 1 N–H and O–H groups in total. The van der Waals surface area contributed by atoms with Gasteiger partial charge in [0.25, 0.3) is 11.7 Å². The number of ketones is 1. The van der Waals surface area contributed by atoms with E-state index in [1.54, 1.807) is 61.7 Å². The monoisotopic (exact) mass is 460 g/mol. The Hall–Kier alpha value is -3.64. The number of halogens is 1. The first-order valence-electron chi connectivity index (χ1n) is 10.6. The van der Waals surface area contributed by atoms with Crippen LogP contribution < -0.4 is 9.64 Å². The summed E-state index contributed by atoms with van der Waals surface area (Å²) in [5.74, 6) is -0.993. The van der Waals surface area contributed by atoms with Gasteiger partial charge in [0.15, 0.2) is 0 Å². The Balaban J connectivity index is 1.71. The summed E-state index contributed by atoms with van der Waals surface area (Å²) in [5, 5.41) is 11.8. The highest BCUT2D eigenvalue weighted by Crippen LogP contribution is 2.44. The molecular weight excluding hydrogens is 440 g/mol. The lowest BCUT2D eigenvalue weighted by atomic mass is 9.96. The van der Waals surface area contributed by atoms with Crippen molar-refractivity contribution < 1.29 is 19.4 Å². The van der Waals surface area contributed by atoms with Crippen molar-refractivity contribution in [2.75, 3.05) is 4.90 Å². The van der Waals surface area contributed by atoms with Crippen molar-refractivity contribution >= 4 is 34.7 Å². The fourth-order valence-electron chi connectivity index (χ4n) is 4.48. The van der Waals surface area contributed by atoms with Gasteiger partial charge in [-0.2, -0.15) is 0 Å². The molecule has 2 unspecified atom stereocenters. The highest BCUT2D eigenvalue weighted by atomic mass is 35.5. The number of ether oxygens (including phenoxy) is 1. The fraction of sp³-hybridized carbons (Fsp3) is 0.192. The maximum atomic E-state index is 13.3. The van der Waals surface area contributed by atoms with Gasteiger partial charge in [-0.3, -0.25) is 19.5 Å². The van der Waals surface area contributed by atoms with E-state index in [0.717, 1.165) is 11.3 Å². The number of carbonyl (C=O) groups excluding carboxylic acids is 2. The molecule has 3 aromatic rings. The summed E-state index contributed by atoms with van der Waals surface area (Å²) in [6.07, 6.45) is 2.34. The Bertz CT molecular complexity index is 1320. The Morgan fingerprint density at radius 1 is 1.15 bits per heavy atom. The number of nitrogens with zero attached hydrogens (tertiary/aromatic N) is 2. The summed E-state index contributed by atoms with van der Waals surface area (Å²) in [7, 11) is 0. The number of amides is 1. The molecule has 166 valence electrons. The lowest BCUT2D eigenvalue weighted by Gasteiger charge is -2.26. The zero-order chi connectivity index (χ0) is 23.3. The normalized spacial score (nSPS) is 21.2. The van der Waals surface area contributed by atoms with Crippen LogP contribution in [0.2, 0.25) is 5.02 Å². The van der Waals surface area contributed by atoms with Gasteiger partial charge < -0.3 is 9.84 Å². The van der Waals surface area contributed by atoms with Gasteiger partial charge in [0.2, 0.25) is 0 Å². The molecule has 0 radical (unpaired) electrons. The average Bonchev–Trinajstić information content (AvgIpc) is 3.31. The van der Waals surface area contributed by atoms with Crippen molar-refractivity contribution in [2.45, 2.75) is 32.4 Å². The SMILES string of the molecule is Cc1c(Cl)cccc1N1C(=O)C(=O)/C(=C(\O)c2ccc3c(c2)CC(C)O3)C1c1ccccn1. The van der Waals surface area contributed by atoms with E-state index in [0.29, 0.717) is 34.0 Å². The first-order valence-corrected chi connectivity index (χ1v) is 11.0. The van der Waals surface area contributed by atoms with Crippen LogP contribution in [0.3, 0.4) is 0 Å². The number of benzene rings is 2. The minimum absolute atomic E-state index is 0.00927. The van der Waals surface area contributed by atoms with Crippen LogP contribution in [-0.2, 0) is 16.0 Å². The van der Waals surface area contributed by atoms with Crippen molar-refractivity contribution in [3.05, 3.63) is 93.8 Å². The van der Waals surface area contributed by atoms with Crippen LogP contribution in [0.15, 0.2) is 66.4 Å². The van der Waals surface area contributed by atoms with Crippen molar-refractivity contribution in [3.63, 3.8) is 0 Å². The van der Waals surface area contributed by atoms with Crippen LogP contribution in [0, 0.1) is 6.92 Å². The Morgan fingerprint density at radius 2 is 1.97 bits per heavy atom. The maximum Gasteiger partial charge on any atom is 0.300 e. The molecule has 1 aromatic heterocycles. The first-order chi connectivity index (χ1) is 15.9. The summed E-state index contributed by atoms with van der Waals surface area (Å²) >= 11 is 6.32. The van der Waals surface area contributed by atoms with E-state index in [9.17, 15) is 14.7 Å². The quantitative estimate of drug-likeness (QED) is 0.338. The number of aliphatic hydroxyl groups excluding tert-OH is 1. The van der Waals surface area contributed by atoms with E-state index >= 15 is 0 Å². The predicted molar refractivity (Wildman–Crippen MR) is 125 cm³/mol. The van der Waals surface area contributed by atoms with Crippen LogP contribution in [0.25, 0.3) is 5.76 Å². The molecule has 0 aliphatic carbocycles. The number of anilines is 1. The number of Topliss-reactive ketones (excluding diaryl/α,β-unsaturated/α-hetero) is 1. The third-order valence-corrected chi connectivity index (χ3v) is 6.49. The summed E-state index contributed by atoms with van der Waals surface area (Å²) in [4.78, 5) is 32.3. The van der Waals surface area contributed by atoms with Gasteiger partial charge in [-0.05, 0) is 67.4 Å². The Morgan fingerprint density at radius 3 is 2.73 bits per heavy atom. The van der Waals surface area contributed by atoms with Crippen LogP contribution >= 0.6 is 11.6 Å². The molecule has 0 bridgehead atoms. The van der Waals surface area contributed by atoms with Crippen molar-refractivity contribution in [3.8, 4) is 5.75 Å². The number of aliphatic hydroxyl groups is 1. The lowest BCUT2D eigenvalue weighted by Crippen LogP contribution is -2.30. The molecule has 33 heavy (non-hydrogen) atoms. The number of fused-ring (bicyclic) bond motifs is 1. The van der Waals surface area contributed by atoms with Crippen LogP contribution in [0.4, 0.5) is 5.69 Å². The second-order valence-electron chi connectivity index (χ2n) is 8.26. The first kappa shape index (κ1) is 21.2. The van der Waals surface area contributed by atoms with Crippen LogP contribution in [0.5, 0.6) is 5.75 Å². The molecule has 1 saturated heterocycles. The molecule has 0 spiro atoms. The highest BCUT2D eigenvalue weighted by Gasteiger charge is 2.48. The molecule has 1 fully saturated rings. The van der Waals surface area contributed by atoms with Crippen LogP contribution in [0.1, 0.15) is 35.3 Å². The van der Waals surface area contributed by atoms with Crippen LogP contribution in [-0.4, -0.2) is 27.9 Å². The van der Waals surface area contributed by atoms with Gasteiger partial charge in [0.1, 0.15) is 23.7 Å². The number of hydrogen-bond donors (Lipinski definition) is 1. The largest absolute Gasteiger partial charge is 0.507 e. The van der Waals surface area contributed by atoms with Crippen molar-refractivity contribution in [2.24, 2.45) is 0 Å². The van der Waals surface area contributed by atoms with Gasteiger partial charge in [-0.1, -0.05) is 23.7 Å². The molecule has 7 heteroatoms. The fourth-order valence-corrected chi connectivity index (χ4v) is 4.65. The maximum absolute atomic E-state index is 13.3. The predicted octanol–water partition coefficient (Wildman–Crippen LogP) is 4.99. The minimum Gasteiger partial charge on any atom is -0.507 e. The topological polar surface area (TPSA) is 79.7 Å². The Kier molecular flexibility index (Phi) is 5.17. The summed E-state index contributed by atoms with van der Waals surface area (Å²) < 4.78 is 5.75. The lowest BCUT2D eigenvalue weighted by molar-refractivity contribution is -0.132. The number of hydrogen-bond acceptors (Lipinski definition) is 5. The van der Waals surface area contributed by atoms with E-state index < -0.39 is 17.7 Å². The van der Waals surface area contributed by atoms with Gasteiger partial charge in [-0.25, -0.2) is 0 Å². The molecular formula is C26H21ClN2O4. The third-order valence-electron chi connectivity index (χ3n) is 6.08. The van der Waals surface area contributed by atoms with Gasteiger partial charge >= 0.3 is 0 Å². The molecule has 2 aliphatic heterocycles. The summed E-state index contributed by atoms with van der Waals surface area (Å²) in [5.41, 5.74) is 3.01. The van der Waals surface area contributed by atoms with E-state index in [1.807, 2.05) is 13.0 Å². The number of pyridine rings is 1. The number of aromatic nitrogens is 1. The molecule has 2 atom stereocenters. The minimum atomic E-state index is -0.896. The summed E-state index contributed by atoms with van der Waals surface area (Å²) in [6.45, 7) is 3.76. The summed E-state index contributed by atoms with van der Waals surface area (Å²) in [6, 6.07) is 14.8. The molecule has 5 rings (SSSR count). The second-order valence-corrected chi connectivity index (χ2v) is 8.67. The van der Waals surface area contributed by atoms with E-state index in [2.05, 4.69) is 4.98 Å². The zero-order valence-electron chi connectivity index (χ0n) is 18.1. The third kappa shape index (κ3) is 3.47. The standard InChI is InChI=1S/C26H21ClN2O4/c1-14-12-17-13-16(9-10-21(17)33-14)24(30)22-23(19-7-3-4-11-28-19)29(26(32)25(22)31)20-8-5-6-18(27)15(20)2/h3-11,13-14,23,30H,12H2,1-2H3/b24-22-. The molecule has 6 nitrogen and oxygen atoms in total. The molecule has 3 heterocycles. The molecule has 1 amide bonds. The molecule has 0 saturated carbocycles. The van der Waals surface area contributed by atoms with E-state index in [1.165, 1.54) is 4.90 Å². The van der Waals surface area contributed by atoms with Gasteiger partial charge in [0, 0.05) is 28.9 Å². The second kappa shape index (κ2) is 8.05. The number of rotatable bonds is 3. The average molecular weight is 461 g/mol. The molecule has 2 aliphatic rings. The Labute approximate surface area is 196 Å². The van der Waals surface area contributed by atoms with E-state index in [4.69, 9.17) is 16.3 Å². The number of carbonyl (C=O) groups is 2. The highest BCUT2D eigenvalue weighted by molar-refractivity contribution is 6.52. The van der Waals surface area contributed by atoms with Gasteiger partial charge in [-0.15, -0.1) is 0 Å². The van der Waals surface area contributed by atoms with Crippen molar-refractivity contribution in [1.82, 2.24) is 4.98 Å². The van der Waals surface area contributed by atoms with Gasteiger partial charge in [0.05, 0.1) is 11.3 Å². The zero-order valence-corrected chi connectivity index (χ0v) is 18.8. The van der Waals surface area contributed by atoms with Crippen molar-refractivity contribution in [1.29, 1.82) is 0 Å². The smallest absolute Gasteiger partial charge is 0.300 e. The molecule has 2 aromatic carbocycles.